The zero-order valence-electron chi connectivity index (χ0n) is 11.1. The Morgan fingerprint density at radius 2 is 1.89 bits per heavy atom. The molecule has 0 aromatic heterocycles. The lowest BCUT2D eigenvalue weighted by molar-refractivity contribution is 0.282. The van der Waals surface area contributed by atoms with E-state index in [1.165, 1.54) is 6.26 Å². The molecular formula is C13H22N2O2S. The third kappa shape index (κ3) is 5.51. The molecule has 0 spiro atoms. The fourth-order valence-electron chi connectivity index (χ4n) is 1.80. The van der Waals surface area contributed by atoms with Crippen molar-refractivity contribution in [1.82, 2.24) is 4.90 Å². The molecule has 0 heterocycles. The van der Waals surface area contributed by atoms with Crippen molar-refractivity contribution in [2.45, 2.75) is 19.9 Å². The molecule has 0 bridgehead atoms. The molecule has 0 unspecified atom stereocenters. The number of para-hydroxylation sites is 1. The smallest absolute Gasteiger partial charge is 0.148 e. The molecule has 0 amide bonds. The van der Waals surface area contributed by atoms with Crippen LogP contribution in [0, 0.1) is 0 Å². The van der Waals surface area contributed by atoms with E-state index in [2.05, 4.69) is 11.8 Å². The van der Waals surface area contributed by atoms with Crippen LogP contribution in [0.3, 0.4) is 0 Å². The van der Waals surface area contributed by atoms with Crippen LogP contribution < -0.4 is 5.73 Å². The van der Waals surface area contributed by atoms with E-state index in [4.69, 9.17) is 5.73 Å². The third-order valence-electron chi connectivity index (χ3n) is 2.77. The summed E-state index contributed by atoms with van der Waals surface area (Å²) >= 11 is 0. The van der Waals surface area contributed by atoms with Crippen molar-refractivity contribution < 1.29 is 8.42 Å². The fourth-order valence-corrected chi connectivity index (χ4v) is 2.39. The van der Waals surface area contributed by atoms with E-state index >= 15 is 0 Å². The molecule has 2 N–H and O–H groups in total. The minimum absolute atomic E-state index is 0.194. The van der Waals surface area contributed by atoms with E-state index in [9.17, 15) is 8.42 Å². The fraction of sp³-hybridized carbons (Fsp3) is 0.538. The average molecular weight is 270 g/mol. The standard InChI is InChI=1S/C13H22N2O2S/c1-3-8-15(9-10-18(2,16)17)11-12-6-4-5-7-13(12)14/h4-7H,3,8-11,14H2,1-2H3. The molecule has 0 aliphatic heterocycles. The van der Waals surface area contributed by atoms with Gasteiger partial charge in [0.15, 0.2) is 0 Å². The molecule has 0 atom stereocenters. The highest BCUT2D eigenvalue weighted by atomic mass is 32.2. The van der Waals surface area contributed by atoms with E-state index < -0.39 is 9.84 Å². The minimum atomic E-state index is -2.91. The predicted molar refractivity (Wildman–Crippen MR) is 76.1 cm³/mol. The van der Waals surface area contributed by atoms with Gasteiger partial charge in [-0.3, -0.25) is 4.90 Å². The lowest BCUT2D eigenvalue weighted by atomic mass is 10.1. The summed E-state index contributed by atoms with van der Waals surface area (Å²) in [5.41, 5.74) is 7.72. The van der Waals surface area contributed by atoms with Gasteiger partial charge >= 0.3 is 0 Å². The van der Waals surface area contributed by atoms with Gasteiger partial charge in [-0.25, -0.2) is 8.42 Å². The molecule has 5 heteroatoms. The maximum Gasteiger partial charge on any atom is 0.148 e. The second-order valence-corrected chi connectivity index (χ2v) is 6.86. The van der Waals surface area contributed by atoms with Gasteiger partial charge in [0.05, 0.1) is 5.75 Å². The summed E-state index contributed by atoms with van der Waals surface area (Å²) in [4.78, 5) is 2.13. The number of benzene rings is 1. The topological polar surface area (TPSA) is 63.4 Å². The first-order valence-electron chi connectivity index (χ1n) is 6.16. The number of rotatable bonds is 7. The minimum Gasteiger partial charge on any atom is -0.398 e. The molecule has 0 saturated heterocycles. The normalized spacial score (nSPS) is 11.9. The molecule has 18 heavy (non-hydrogen) atoms. The van der Waals surface area contributed by atoms with Crippen LogP contribution >= 0.6 is 0 Å². The van der Waals surface area contributed by atoms with E-state index in [1.54, 1.807) is 0 Å². The quantitative estimate of drug-likeness (QED) is 0.763. The first-order chi connectivity index (χ1) is 8.42. The van der Waals surface area contributed by atoms with Crippen molar-refractivity contribution in [2.24, 2.45) is 0 Å². The highest BCUT2D eigenvalue weighted by Gasteiger charge is 2.10. The molecule has 0 radical (unpaired) electrons. The van der Waals surface area contributed by atoms with Gasteiger partial charge in [-0.05, 0) is 24.6 Å². The molecule has 0 aliphatic rings. The summed E-state index contributed by atoms with van der Waals surface area (Å²) in [6, 6.07) is 7.71. The number of sulfone groups is 1. The van der Waals surface area contributed by atoms with Crippen molar-refractivity contribution in [1.29, 1.82) is 0 Å². The van der Waals surface area contributed by atoms with Crippen LogP contribution in [0.15, 0.2) is 24.3 Å². The Hall–Kier alpha value is -1.07. The molecule has 1 aromatic rings. The second-order valence-electron chi connectivity index (χ2n) is 4.60. The second kappa shape index (κ2) is 6.75. The summed E-state index contributed by atoms with van der Waals surface area (Å²) < 4.78 is 22.4. The Morgan fingerprint density at radius 3 is 2.44 bits per heavy atom. The van der Waals surface area contributed by atoms with Gasteiger partial charge in [-0.2, -0.15) is 0 Å². The van der Waals surface area contributed by atoms with Crippen LogP contribution in [-0.4, -0.2) is 38.4 Å². The number of nitrogens with zero attached hydrogens (tertiary/aromatic N) is 1. The van der Waals surface area contributed by atoms with Gasteiger partial charge in [-0.15, -0.1) is 0 Å². The number of nitrogen functional groups attached to an aromatic ring is 1. The lowest BCUT2D eigenvalue weighted by Crippen LogP contribution is -2.29. The number of hydrogen-bond acceptors (Lipinski definition) is 4. The zero-order chi connectivity index (χ0) is 13.6. The highest BCUT2D eigenvalue weighted by molar-refractivity contribution is 7.90. The van der Waals surface area contributed by atoms with Crippen LogP contribution in [0.5, 0.6) is 0 Å². The average Bonchev–Trinajstić information content (AvgIpc) is 2.28. The maximum absolute atomic E-state index is 11.2. The Labute approximate surface area is 110 Å². The summed E-state index contributed by atoms with van der Waals surface area (Å²) in [6.07, 6.45) is 2.27. The number of hydrogen-bond donors (Lipinski definition) is 1. The zero-order valence-corrected chi connectivity index (χ0v) is 11.9. The van der Waals surface area contributed by atoms with Crippen molar-refractivity contribution in [3.8, 4) is 0 Å². The van der Waals surface area contributed by atoms with E-state index in [1.807, 2.05) is 24.3 Å². The van der Waals surface area contributed by atoms with Crippen LogP contribution in [0.25, 0.3) is 0 Å². The Balaban J connectivity index is 2.66. The molecule has 0 fully saturated rings. The molecule has 0 saturated carbocycles. The molecule has 102 valence electrons. The van der Waals surface area contributed by atoms with E-state index in [0.29, 0.717) is 13.1 Å². The molecule has 1 aromatic carbocycles. The van der Waals surface area contributed by atoms with E-state index in [0.717, 1.165) is 24.2 Å². The van der Waals surface area contributed by atoms with Gasteiger partial charge in [0.1, 0.15) is 9.84 Å². The van der Waals surface area contributed by atoms with E-state index in [-0.39, 0.29) is 5.75 Å². The van der Waals surface area contributed by atoms with Gasteiger partial charge in [0.2, 0.25) is 0 Å². The summed E-state index contributed by atoms with van der Waals surface area (Å²) in [5.74, 6) is 0.194. The Bertz CT molecular complexity index is 472. The SMILES string of the molecule is CCCN(CCS(C)(=O)=O)Cc1ccccc1N. The summed E-state index contributed by atoms with van der Waals surface area (Å²) in [7, 11) is -2.91. The Kier molecular flexibility index (Phi) is 5.62. The Morgan fingerprint density at radius 1 is 1.22 bits per heavy atom. The van der Waals surface area contributed by atoms with Crippen LogP contribution in [-0.2, 0) is 16.4 Å². The van der Waals surface area contributed by atoms with Crippen LogP contribution in [0.2, 0.25) is 0 Å². The van der Waals surface area contributed by atoms with Gasteiger partial charge < -0.3 is 5.73 Å². The van der Waals surface area contributed by atoms with Crippen LogP contribution in [0.1, 0.15) is 18.9 Å². The third-order valence-corrected chi connectivity index (χ3v) is 3.69. The monoisotopic (exact) mass is 270 g/mol. The maximum atomic E-state index is 11.2. The first kappa shape index (κ1) is 15.0. The largest absolute Gasteiger partial charge is 0.398 e. The van der Waals surface area contributed by atoms with Crippen molar-refractivity contribution in [3.05, 3.63) is 29.8 Å². The lowest BCUT2D eigenvalue weighted by Gasteiger charge is -2.22. The van der Waals surface area contributed by atoms with Crippen molar-refractivity contribution in [3.63, 3.8) is 0 Å². The molecule has 0 aliphatic carbocycles. The predicted octanol–water partition coefficient (Wildman–Crippen LogP) is 1.53. The molecule has 1 rings (SSSR count). The highest BCUT2D eigenvalue weighted by Crippen LogP contribution is 2.13. The van der Waals surface area contributed by atoms with Gasteiger partial charge in [0, 0.05) is 25.0 Å². The number of nitrogens with two attached hydrogens (primary N) is 1. The van der Waals surface area contributed by atoms with Gasteiger partial charge in [-0.1, -0.05) is 25.1 Å². The van der Waals surface area contributed by atoms with Crippen molar-refractivity contribution >= 4 is 15.5 Å². The molecule has 4 nitrogen and oxygen atoms in total. The van der Waals surface area contributed by atoms with Crippen LogP contribution in [0.4, 0.5) is 5.69 Å². The number of anilines is 1. The first-order valence-corrected chi connectivity index (χ1v) is 8.22. The van der Waals surface area contributed by atoms with Crippen molar-refractivity contribution in [2.75, 3.05) is 30.8 Å². The van der Waals surface area contributed by atoms with Gasteiger partial charge in [0.25, 0.3) is 0 Å². The molecular weight excluding hydrogens is 248 g/mol. The summed E-state index contributed by atoms with van der Waals surface area (Å²) in [5, 5.41) is 0. The summed E-state index contributed by atoms with van der Waals surface area (Å²) in [6.45, 7) is 4.22.